The Morgan fingerprint density at radius 3 is 2.24 bits per heavy atom. The third-order valence-corrected chi connectivity index (χ3v) is 3.41. The zero-order valence-corrected chi connectivity index (χ0v) is 15.8. The summed E-state index contributed by atoms with van der Waals surface area (Å²) in [5.74, 6) is 5.00. The van der Waals surface area contributed by atoms with Gasteiger partial charge in [-0.2, -0.15) is 5.10 Å². The van der Waals surface area contributed by atoms with E-state index in [-0.39, 0.29) is 41.9 Å². The van der Waals surface area contributed by atoms with E-state index in [2.05, 4.69) is 16.9 Å². The molecule has 25 heavy (non-hydrogen) atoms. The quantitative estimate of drug-likeness (QED) is 0.455. The van der Waals surface area contributed by atoms with Crippen molar-refractivity contribution in [1.82, 2.24) is 9.78 Å². The van der Waals surface area contributed by atoms with Crippen molar-refractivity contribution in [1.29, 1.82) is 0 Å². The van der Waals surface area contributed by atoms with E-state index in [1.807, 2.05) is 60.7 Å². The van der Waals surface area contributed by atoms with Crippen molar-refractivity contribution < 1.29 is 39.5 Å². The van der Waals surface area contributed by atoms with Crippen LogP contribution in [0.4, 0.5) is 5.82 Å². The normalized spacial score (nSPS) is 9.60. The number of anilines is 1. The maximum atomic E-state index is 11.0. The largest absolute Gasteiger partial charge is 1.00 e. The molecule has 0 saturated heterocycles. The van der Waals surface area contributed by atoms with Crippen LogP contribution in [-0.2, 0) is 11.3 Å². The number of hydrogen-bond donors (Lipinski definition) is 1. The van der Waals surface area contributed by atoms with E-state index in [9.17, 15) is 9.90 Å². The van der Waals surface area contributed by atoms with Crippen LogP contribution < -0.4 is 40.4 Å². The van der Waals surface area contributed by atoms with E-state index in [0.717, 1.165) is 11.1 Å². The molecule has 0 aliphatic carbocycles. The van der Waals surface area contributed by atoms with E-state index in [0.29, 0.717) is 11.3 Å². The topological polar surface area (TPSA) is 84.0 Å². The van der Waals surface area contributed by atoms with Gasteiger partial charge in [0.15, 0.2) is 5.82 Å². The number of nitrogens with two attached hydrogens (primary N) is 1. The first-order valence-electron chi connectivity index (χ1n) is 7.34. The fraction of sp³-hybridized carbons (Fsp3) is 0.0526. The molecule has 118 valence electrons. The maximum absolute atomic E-state index is 11.0. The molecule has 5 nitrogen and oxygen atoms in total. The number of carboxylic acid groups (broad SMARTS) is 1. The minimum absolute atomic E-state index is 0. The van der Waals surface area contributed by atoms with Gasteiger partial charge in [0.25, 0.3) is 0 Å². The summed E-state index contributed by atoms with van der Waals surface area (Å²) < 4.78 is 1.31. The molecule has 0 atom stereocenters. The second kappa shape index (κ2) is 8.54. The van der Waals surface area contributed by atoms with Gasteiger partial charge in [0, 0.05) is 11.1 Å². The Morgan fingerprint density at radius 1 is 1.04 bits per heavy atom. The number of benzene rings is 2. The number of rotatable bonds is 3. The van der Waals surface area contributed by atoms with Gasteiger partial charge in [-0.15, -0.1) is 0 Å². The molecule has 0 unspecified atom stereocenters. The third kappa shape index (κ3) is 4.52. The zero-order valence-electron chi connectivity index (χ0n) is 13.8. The molecule has 0 aliphatic rings. The monoisotopic (exact) mass is 339 g/mol. The molecule has 1 heterocycles. The average Bonchev–Trinajstić information content (AvgIpc) is 2.89. The summed E-state index contributed by atoms with van der Waals surface area (Å²) >= 11 is 0. The molecule has 1 aromatic heterocycles. The number of carbonyl (C=O) groups is 1. The van der Waals surface area contributed by atoms with Gasteiger partial charge in [-0.3, -0.25) is 4.68 Å². The van der Waals surface area contributed by atoms with Gasteiger partial charge in [-0.05, 0) is 12.1 Å². The summed E-state index contributed by atoms with van der Waals surface area (Å²) in [5, 5.41) is 15.1. The first-order valence-corrected chi connectivity index (χ1v) is 7.34. The van der Waals surface area contributed by atoms with Gasteiger partial charge in [-0.1, -0.05) is 60.4 Å². The Hall–Kier alpha value is -2.52. The van der Waals surface area contributed by atoms with Crippen LogP contribution in [0.1, 0.15) is 11.1 Å². The Kier molecular flexibility index (Phi) is 6.43. The van der Waals surface area contributed by atoms with Crippen molar-refractivity contribution in [3.05, 3.63) is 71.8 Å². The first-order chi connectivity index (χ1) is 11.6. The molecule has 6 heteroatoms. The van der Waals surface area contributed by atoms with Crippen LogP contribution in [0.3, 0.4) is 0 Å². The summed E-state index contributed by atoms with van der Waals surface area (Å²) in [6, 6.07) is 18.8. The van der Waals surface area contributed by atoms with Gasteiger partial charge in [-0.25, -0.2) is 0 Å². The minimum Gasteiger partial charge on any atom is -0.548 e. The molecule has 0 aliphatic heterocycles. The van der Waals surface area contributed by atoms with Gasteiger partial charge in [0.05, 0.1) is 23.8 Å². The van der Waals surface area contributed by atoms with Gasteiger partial charge < -0.3 is 15.6 Å². The Morgan fingerprint density at radius 2 is 1.64 bits per heavy atom. The molecule has 0 radical (unpaired) electrons. The average molecular weight is 339 g/mol. The SMILES string of the molecule is Nc1nn(CC(=O)[O-])c(-c2ccccc2)c1C#Cc1ccccc1.[Na+]. The van der Waals surface area contributed by atoms with Gasteiger partial charge >= 0.3 is 29.6 Å². The van der Waals surface area contributed by atoms with Crippen molar-refractivity contribution in [3.63, 3.8) is 0 Å². The number of aromatic nitrogens is 2. The molecule has 3 aromatic rings. The number of carboxylic acids is 1. The van der Waals surface area contributed by atoms with Crippen LogP contribution in [0.5, 0.6) is 0 Å². The van der Waals surface area contributed by atoms with Crippen LogP contribution in [0, 0.1) is 11.8 Å². The second-order valence-corrected chi connectivity index (χ2v) is 5.12. The fourth-order valence-electron chi connectivity index (χ4n) is 2.39. The molecule has 0 bridgehead atoms. The maximum Gasteiger partial charge on any atom is 1.00 e. The molecule has 2 aromatic carbocycles. The third-order valence-electron chi connectivity index (χ3n) is 3.41. The molecular formula is C19H14N3NaO2. The van der Waals surface area contributed by atoms with Crippen LogP contribution >= 0.6 is 0 Å². The van der Waals surface area contributed by atoms with Crippen molar-refractivity contribution in [2.75, 3.05) is 5.73 Å². The van der Waals surface area contributed by atoms with Gasteiger partial charge in [0.1, 0.15) is 0 Å². The molecule has 3 rings (SSSR count). The Labute approximate surface area is 167 Å². The van der Waals surface area contributed by atoms with Crippen LogP contribution in [0.15, 0.2) is 60.7 Å². The second-order valence-electron chi connectivity index (χ2n) is 5.12. The standard InChI is InChI=1S/C19H15N3O2.Na/c20-19-16(12-11-14-7-3-1-4-8-14)18(15-9-5-2-6-10-15)22(21-19)13-17(23)24;/h1-10H,13H2,(H2,20,21)(H,23,24);/q;+1/p-1. The van der Waals surface area contributed by atoms with Crippen molar-refractivity contribution in [3.8, 4) is 23.1 Å². The number of nitrogens with zero attached hydrogens (tertiary/aromatic N) is 2. The molecule has 0 saturated carbocycles. The smallest absolute Gasteiger partial charge is 0.548 e. The molecule has 0 fully saturated rings. The predicted octanol–water partition coefficient (Wildman–Crippen LogP) is -1.71. The summed E-state index contributed by atoms with van der Waals surface area (Å²) in [6.07, 6.45) is 0. The van der Waals surface area contributed by atoms with Gasteiger partial charge in [0.2, 0.25) is 0 Å². The number of aliphatic carboxylic acids is 1. The van der Waals surface area contributed by atoms with Crippen molar-refractivity contribution >= 4 is 11.8 Å². The molecular weight excluding hydrogens is 325 g/mol. The Balaban J connectivity index is 0.00000225. The van der Waals surface area contributed by atoms with E-state index < -0.39 is 5.97 Å². The summed E-state index contributed by atoms with van der Waals surface area (Å²) in [6.45, 7) is -0.387. The summed E-state index contributed by atoms with van der Waals surface area (Å²) in [4.78, 5) is 11.0. The van der Waals surface area contributed by atoms with Crippen molar-refractivity contribution in [2.24, 2.45) is 0 Å². The molecule has 0 amide bonds. The molecule has 0 spiro atoms. The van der Waals surface area contributed by atoms with E-state index in [4.69, 9.17) is 5.73 Å². The number of nitrogen functional groups attached to an aromatic ring is 1. The summed E-state index contributed by atoms with van der Waals surface area (Å²) in [7, 11) is 0. The minimum atomic E-state index is -1.24. The number of hydrogen-bond acceptors (Lipinski definition) is 4. The van der Waals surface area contributed by atoms with E-state index in [1.165, 1.54) is 4.68 Å². The van der Waals surface area contributed by atoms with E-state index in [1.54, 1.807) is 0 Å². The predicted molar refractivity (Wildman–Crippen MR) is 89.5 cm³/mol. The Bertz CT molecular complexity index is 926. The van der Waals surface area contributed by atoms with Crippen molar-refractivity contribution in [2.45, 2.75) is 6.54 Å². The number of carbonyl (C=O) groups excluding carboxylic acids is 1. The zero-order chi connectivity index (χ0) is 16.9. The van der Waals surface area contributed by atoms with Crippen LogP contribution in [0.25, 0.3) is 11.3 Å². The molecule has 2 N–H and O–H groups in total. The first kappa shape index (κ1) is 18.8. The van der Waals surface area contributed by atoms with E-state index >= 15 is 0 Å². The van der Waals surface area contributed by atoms with Crippen LogP contribution in [0.2, 0.25) is 0 Å². The summed E-state index contributed by atoms with van der Waals surface area (Å²) in [5.41, 5.74) is 8.68. The fourth-order valence-corrected chi connectivity index (χ4v) is 2.39. The van der Waals surface area contributed by atoms with Crippen LogP contribution in [-0.4, -0.2) is 15.7 Å².